The number of rotatable bonds is 3. The van der Waals surface area contributed by atoms with E-state index in [9.17, 15) is 15.2 Å². The molecule has 0 saturated heterocycles. The van der Waals surface area contributed by atoms with E-state index in [1.807, 2.05) is 5.43 Å². The van der Waals surface area contributed by atoms with Gasteiger partial charge in [-0.1, -0.05) is 11.6 Å². The van der Waals surface area contributed by atoms with Crippen LogP contribution in [-0.2, 0) is 6.54 Å². The van der Waals surface area contributed by atoms with Crippen molar-refractivity contribution in [1.29, 1.82) is 0 Å². The third-order valence-corrected chi connectivity index (χ3v) is 1.68. The fourth-order valence-corrected chi connectivity index (χ4v) is 1.04. The molecule has 5 nitrogen and oxygen atoms in total. The molecule has 0 aromatic heterocycles. The molecule has 0 saturated carbocycles. The minimum Gasteiger partial charge on any atom is -0.508 e. The van der Waals surface area contributed by atoms with Crippen molar-refractivity contribution < 1.29 is 10.1 Å². The minimum atomic E-state index is -0.680. The maximum Gasteiger partial charge on any atom is 0.157 e. The van der Waals surface area contributed by atoms with Crippen LogP contribution in [0.5, 0.6) is 5.75 Å². The molecular formula is C7H7ClN2O3. The van der Waals surface area contributed by atoms with E-state index in [2.05, 4.69) is 0 Å². The van der Waals surface area contributed by atoms with Crippen molar-refractivity contribution in [3.05, 3.63) is 38.9 Å². The van der Waals surface area contributed by atoms with Gasteiger partial charge in [-0.3, -0.25) is 0 Å². The first-order valence-corrected chi connectivity index (χ1v) is 3.82. The van der Waals surface area contributed by atoms with Gasteiger partial charge in [0.05, 0.1) is 0 Å². The molecule has 0 aliphatic rings. The first kappa shape index (κ1) is 9.60. The lowest BCUT2D eigenvalue weighted by atomic mass is 10.2. The normalized spacial score (nSPS) is 9.62. The second-order valence-corrected chi connectivity index (χ2v) is 2.80. The molecule has 1 rings (SSSR count). The van der Waals surface area contributed by atoms with Gasteiger partial charge < -0.3 is 5.11 Å². The summed E-state index contributed by atoms with van der Waals surface area (Å²) in [5.41, 5.74) is 2.33. The molecule has 0 bridgehead atoms. The Morgan fingerprint density at radius 3 is 2.92 bits per heavy atom. The lowest BCUT2D eigenvalue weighted by Crippen LogP contribution is -2.20. The van der Waals surface area contributed by atoms with Crippen LogP contribution in [0.2, 0.25) is 5.02 Å². The average molecular weight is 203 g/mol. The van der Waals surface area contributed by atoms with E-state index in [4.69, 9.17) is 11.6 Å². The number of aromatic hydroxyl groups is 1. The monoisotopic (exact) mass is 202 g/mol. The molecule has 1 aromatic rings. The van der Waals surface area contributed by atoms with Gasteiger partial charge in [-0.05, 0) is 18.2 Å². The molecule has 2 N–H and O–H groups in total. The summed E-state index contributed by atoms with van der Waals surface area (Å²) in [5.74, 6) is -0.0150. The molecule has 0 aliphatic carbocycles. The van der Waals surface area contributed by atoms with Gasteiger partial charge in [0.2, 0.25) is 0 Å². The Bertz CT molecular complexity index is 330. The number of phenolic OH excluding ortho intramolecular Hbond substituents is 1. The summed E-state index contributed by atoms with van der Waals surface area (Å²) in [6.07, 6.45) is 0. The molecule has 1 aromatic carbocycles. The highest BCUT2D eigenvalue weighted by Crippen LogP contribution is 2.20. The molecule has 0 unspecified atom stereocenters. The van der Waals surface area contributed by atoms with Crippen LogP contribution in [-0.4, -0.2) is 10.1 Å². The zero-order valence-corrected chi connectivity index (χ0v) is 7.28. The van der Waals surface area contributed by atoms with Crippen molar-refractivity contribution in [2.45, 2.75) is 6.54 Å². The van der Waals surface area contributed by atoms with E-state index < -0.39 is 5.03 Å². The number of phenols is 1. The van der Waals surface area contributed by atoms with Gasteiger partial charge in [-0.2, -0.15) is 0 Å². The molecule has 0 aliphatic heterocycles. The second kappa shape index (κ2) is 3.95. The van der Waals surface area contributed by atoms with Crippen LogP contribution in [0.4, 0.5) is 0 Å². The van der Waals surface area contributed by atoms with E-state index in [1.165, 1.54) is 18.2 Å². The predicted molar refractivity (Wildman–Crippen MR) is 47.0 cm³/mol. The number of hydrogen-bond donors (Lipinski definition) is 2. The number of halogens is 1. The van der Waals surface area contributed by atoms with Gasteiger partial charge in [0.25, 0.3) is 0 Å². The highest BCUT2D eigenvalue weighted by molar-refractivity contribution is 6.30. The molecule has 13 heavy (non-hydrogen) atoms. The van der Waals surface area contributed by atoms with Crippen molar-refractivity contribution in [2.75, 3.05) is 0 Å². The summed E-state index contributed by atoms with van der Waals surface area (Å²) in [7, 11) is 0. The van der Waals surface area contributed by atoms with E-state index >= 15 is 0 Å². The highest BCUT2D eigenvalue weighted by Gasteiger charge is 2.03. The SMILES string of the molecule is O=[N+]([O-])NCc1cc(Cl)ccc1O. The largest absolute Gasteiger partial charge is 0.508 e. The van der Waals surface area contributed by atoms with Gasteiger partial charge in [0.15, 0.2) is 5.03 Å². The molecule has 0 atom stereocenters. The summed E-state index contributed by atoms with van der Waals surface area (Å²) >= 11 is 5.62. The number of hydrazine groups is 1. The zero-order chi connectivity index (χ0) is 9.84. The summed E-state index contributed by atoms with van der Waals surface area (Å²) in [4.78, 5) is 9.95. The smallest absolute Gasteiger partial charge is 0.157 e. The fraction of sp³-hybridized carbons (Fsp3) is 0.143. The maximum absolute atomic E-state index is 9.95. The molecule has 0 radical (unpaired) electrons. The zero-order valence-electron chi connectivity index (χ0n) is 6.53. The summed E-state index contributed by atoms with van der Waals surface area (Å²) in [6, 6.07) is 4.36. The van der Waals surface area contributed by atoms with Gasteiger partial charge >= 0.3 is 0 Å². The van der Waals surface area contributed by atoms with Crippen LogP contribution in [0.1, 0.15) is 5.56 Å². The van der Waals surface area contributed by atoms with Crippen molar-refractivity contribution in [3.8, 4) is 5.75 Å². The summed E-state index contributed by atoms with van der Waals surface area (Å²) in [5, 5.41) is 18.9. The van der Waals surface area contributed by atoms with Crippen LogP contribution >= 0.6 is 11.6 Å². The third kappa shape index (κ3) is 2.79. The Morgan fingerprint density at radius 2 is 2.31 bits per heavy atom. The fourth-order valence-electron chi connectivity index (χ4n) is 0.845. The number of hydrogen-bond acceptors (Lipinski definition) is 3. The van der Waals surface area contributed by atoms with Gasteiger partial charge in [0.1, 0.15) is 12.3 Å². The van der Waals surface area contributed by atoms with E-state index in [-0.39, 0.29) is 12.3 Å². The topological polar surface area (TPSA) is 75.4 Å². The van der Waals surface area contributed by atoms with Crippen molar-refractivity contribution in [1.82, 2.24) is 5.43 Å². The van der Waals surface area contributed by atoms with Crippen LogP contribution in [0, 0.1) is 10.1 Å². The first-order chi connectivity index (χ1) is 6.09. The van der Waals surface area contributed by atoms with Crippen LogP contribution in [0.15, 0.2) is 18.2 Å². The summed E-state index contributed by atoms with van der Waals surface area (Å²) < 4.78 is 0. The Labute approximate surface area is 79.1 Å². The molecular weight excluding hydrogens is 196 g/mol. The van der Waals surface area contributed by atoms with Crippen LogP contribution in [0.25, 0.3) is 0 Å². The number of benzene rings is 1. The minimum absolute atomic E-state index is 0.0150. The molecule has 0 fully saturated rings. The highest BCUT2D eigenvalue weighted by atomic mass is 35.5. The van der Waals surface area contributed by atoms with E-state index in [0.29, 0.717) is 10.6 Å². The summed E-state index contributed by atoms with van der Waals surface area (Å²) in [6.45, 7) is -0.0562. The average Bonchev–Trinajstić information content (AvgIpc) is 2.06. The van der Waals surface area contributed by atoms with Crippen LogP contribution in [0.3, 0.4) is 0 Å². The lowest BCUT2D eigenvalue weighted by Gasteiger charge is -2.02. The van der Waals surface area contributed by atoms with Crippen LogP contribution < -0.4 is 5.43 Å². The molecule has 0 spiro atoms. The number of nitrogens with zero attached hydrogens (tertiary/aromatic N) is 1. The van der Waals surface area contributed by atoms with Crippen molar-refractivity contribution in [2.24, 2.45) is 0 Å². The van der Waals surface area contributed by atoms with Gasteiger partial charge in [-0.15, -0.1) is 5.43 Å². The predicted octanol–water partition coefficient (Wildman–Crippen LogP) is 1.33. The maximum atomic E-state index is 9.95. The molecule has 0 amide bonds. The Hall–Kier alpha value is -1.49. The number of nitrogens with one attached hydrogen (secondary N) is 1. The third-order valence-electron chi connectivity index (χ3n) is 1.44. The standard InChI is InChI=1S/C7H7ClN2O3/c8-6-1-2-7(11)5(3-6)4-9-10(12)13/h1-3,9,11H,4H2. The van der Waals surface area contributed by atoms with E-state index in [1.54, 1.807) is 0 Å². The first-order valence-electron chi connectivity index (χ1n) is 3.45. The van der Waals surface area contributed by atoms with Gasteiger partial charge in [0, 0.05) is 10.6 Å². The quantitative estimate of drug-likeness (QED) is 0.573. The Balaban J connectivity index is 2.75. The Kier molecular flexibility index (Phi) is 2.92. The van der Waals surface area contributed by atoms with Crippen molar-refractivity contribution in [3.63, 3.8) is 0 Å². The Morgan fingerprint density at radius 1 is 1.62 bits per heavy atom. The molecule has 6 heteroatoms. The molecule has 0 heterocycles. The number of nitro groups is 1. The van der Waals surface area contributed by atoms with E-state index in [0.717, 1.165) is 0 Å². The molecule has 70 valence electrons. The van der Waals surface area contributed by atoms with Crippen molar-refractivity contribution >= 4 is 11.6 Å². The lowest BCUT2D eigenvalue weighted by molar-refractivity contribution is -0.546. The van der Waals surface area contributed by atoms with Gasteiger partial charge in [-0.25, -0.2) is 10.1 Å². The second-order valence-electron chi connectivity index (χ2n) is 2.37.